The average molecular weight is 542 g/mol. The summed E-state index contributed by atoms with van der Waals surface area (Å²) in [7, 11) is 5.45. The van der Waals surface area contributed by atoms with Gasteiger partial charge in [-0.25, -0.2) is 0 Å². The molecule has 1 aromatic heterocycles. The molecule has 0 bridgehead atoms. The van der Waals surface area contributed by atoms with Crippen LogP contribution in [0.25, 0.3) is 0 Å². The molecule has 3 rings (SSSR count). The van der Waals surface area contributed by atoms with Crippen LogP contribution in [0.2, 0.25) is 0 Å². The maximum atomic E-state index is 5.55. The van der Waals surface area contributed by atoms with Crippen LogP contribution in [0.15, 0.2) is 41.7 Å². The predicted octanol–water partition coefficient (Wildman–Crippen LogP) is 2.22. The van der Waals surface area contributed by atoms with Crippen LogP contribution >= 0.6 is 24.0 Å². The third kappa shape index (κ3) is 7.97. The van der Waals surface area contributed by atoms with Crippen molar-refractivity contribution in [3.8, 4) is 5.75 Å². The summed E-state index contributed by atoms with van der Waals surface area (Å²) < 4.78 is 12.7. The molecule has 9 heteroatoms. The zero-order chi connectivity index (χ0) is 21.2. The molecular weight excluding hydrogens is 507 g/mol. The van der Waals surface area contributed by atoms with Gasteiger partial charge in [0.15, 0.2) is 5.96 Å². The number of hydrogen-bond acceptors (Lipinski definition) is 5. The smallest absolute Gasteiger partial charge is 0.191 e. The Bertz CT molecular complexity index is 790. The number of aryl methyl sites for hydroxylation is 2. The molecule has 1 aromatic carbocycles. The summed E-state index contributed by atoms with van der Waals surface area (Å²) in [4.78, 5) is 6.86. The number of halogens is 1. The minimum atomic E-state index is 0. The van der Waals surface area contributed by atoms with Crippen LogP contribution in [0.1, 0.15) is 23.6 Å². The van der Waals surface area contributed by atoms with Gasteiger partial charge in [-0.3, -0.25) is 14.6 Å². The lowest BCUT2D eigenvalue weighted by molar-refractivity contribution is 0.0170. The number of rotatable bonds is 9. The maximum Gasteiger partial charge on any atom is 0.191 e. The minimum Gasteiger partial charge on any atom is -0.497 e. The second kappa shape index (κ2) is 13.5. The van der Waals surface area contributed by atoms with Gasteiger partial charge in [0, 0.05) is 46.5 Å². The van der Waals surface area contributed by atoms with Crippen LogP contribution < -0.4 is 15.4 Å². The molecule has 1 fully saturated rings. The van der Waals surface area contributed by atoms with Gasteiger partial charge in [-0.15, -0.1) is 24.0 Å². The summed E-state index contributed by atoms with van der Waals surface area (Å²) in [6.45, 7) is 5.03. The van der Waals surface area contributed by atoms with E-state index in [1.807, 2.05) is 37.1 Å². The van der Waals surface area contributed by atoms with Gasteiger partial charge in [0.1, 0.15) is 5.75 Å². The van der Waals surface area contributed by atoms with E-state index >= 15 is 0 Å². The van der Waals surface area contributed by atoms with E-state index < -0.39 is 0 Å². The maximum absolute atomic E-state index is 5.55. The lowest BCUT2D eigenvalue weighted by atomic mass is 10.0. The lowest BCUT2D eigenvalue weighted by Gasteiger charge is -2.35. The number of nitrogens with one attached hydrogen (secondary N) is 2. The van der Waals surface area contributed by atoms with Gasteiger partial charge < -0.3 is 20.1 Å². The SMILES string of the molecule is CN=C(NCCCc1cnn(C)c1)NCC(c1ccc(OC)cc1)N1CCOCC1.I. The topological polar surface area (TPSA) is 75.9 Å². The molecule has 0 aliphatic carbocycles. The average Bonchev–Trinajstić information content (AvgIpc) is 3.21. The highest BCUT2D eigenvalue weighted by molar-refractivity contribution is 14.0. The Hall–Kier alpha value is -1.85. The normalized spacial score (nSPS) is 15.8. The Morgan fingerprint density at radius 1 is 1.23 bits per heavy atom. The van der Waals surface area contributed by atoms with Gasteiger partial charge in [0.05, 0.1) is 32.6 Å². The summed E-state index contributed by atoms with van der Waals surface area (Å²) in [6.07, 6.45) is 6.02. The fourth-order valence-corrected chi connectivity index (χ4v) is 3.69. The minimum absolute atomic E-state index is 0. The van der Waals surface area contributed by atoms with Gasteiger partial charge in [-0.05, 0) is 36.1 Å². The van der Waals surface area contributed by atoms with Crippen LogP contribution in [0, 0.1) is 0 Å². The van der Waals surface area contributed by atoms with Gasteiger partial charge in [0.2, 0.25) is 0 Å². The third-order valence-corrected chi connectivity index (χ3v) is 5.37. The molecule has 1 saturated heterocycles. The molecule has 0 radical (unpaired) electrons. The molecule has 0 amide bonds. The van der Waals surface area contributed by atoms with E-state index in [9.17, 15) is 0 Å². The molecule has 0 saturated carbocycles. The Morgan fingerprint density at radius 3 is 2.58 bits per heavy atom. The van der Waals surface area contributed by atoms with E-state index in [0.717, 1.165) is 63.9 Å². The first kappa shape index (κ1) is 25.4. The van der Waals surface area contributed by atoms with Crippen LogP contribution in [0.3, 0.4) is 0 Å². The highest BCUT2D eigenvalue weighted by Crippen LogP contribution is 2.23. The van der Waals surface area contributed by atoms with Gasteiger partial charge in [-0.1, -0.05) is 12.1 Å². The van der Waals surface area contributed by atoms with E-state index in [2.05, 4.69) is 44.0 Å². The van der Waals surface area contributed by atoms with E-state index in [1.54, 1.807) is 7.11 Å². The summed E-state index contributed by atoms with van der Waals surface area (Å²) in [5, 5.41) is 11.1. The molecular formula is C22H35IN6O2. The second-order valence-electron chi connectivity index (χ2n) is 7.44. The number of morpholine rings is 1. The number of aromatic nitrogens is 2. The molecule has 1 unspecified atom stereocenters. The number of benzene rings is 1. The van der Waals surface area contributed by atoms with Crippen molar-refractivity contribution in [2.75, 3.05) is 53.6 Å². The Kier molecular flexibility index (Phi) is 11.1. The third-order valence-electron chi connectivity index (χ3n) is 5.37. The summed E-state index contributed by atoms with van der Waals surface area (Å²) in [6, 6.07) is 8.58. The summed E-state index contributed by atoms with van der Waals surface area (Å²) in [5.41, 5.74) is 2.52. The zero-order valence-electron chi connectivity index (χ0n) is 18.7. The van der Waals surface area contributed by atoms with Crippen molar-refractivity contribution in [1.82, 2.24) is 25.3 Å². The first-order valence-corrected chi connectivity index (χ1v) is 10.6. The largest absolute Gasteiger partial charge is 0.497 e. The van der Waals surface area contributed by atoms with Crippen LogP contribution in [-0.4, -0.2) is 74.2 Å². The van der Waals surface area contributed by atoms with Crippen molar-refractivity contribution >= 4 is 29.9 Å². The van der Waals surface area contributed by atoms with E-state index in [0.29, 0.717) is 0 Å². The van der Waals surface area contributed by atoms with Crippen LogP contribution in [0.4, 0.5) is 0 Å². The number of aliphatic imine (C=N–C) groups is 1. The fourth-order valence-electron chi connectivity index (χ4n) is 3.69. The summed E-state index contributed by atoms with van der Waals surface area (Å²) in [5.74, 6) is 1.70. The van der Waals surface area contributed by atoms with E-state index in [1.165, 1.54) is 11.1 Å². The second-order valence-corrected chi connectivity index (χ2v) is 7.44. The van der Waals surface area contributed by atoms with Gasteiger partial charge in [-0.2, -0.15) is 5.10 Å². The molecule has 1 aliphatic heterocycles. The molecule has 2 N–H and O–H groups in total. The lowest BCUT2D eigenvalue weighted by Crippen LogP contribution is -2.46. The predicted molar refractivity (Wildman–Crippen MR) is 134 cm³/mol. The standard InChI is InChI=1S/C22H34N6O2.HI/c1-23-22(24-10-4-5-18-15-26-27(2)17-18)25-16-21(28-11-13-30-14-12-28)19-6-8-20(29-3)9-7-19;/h6-9,15,17,21H,4-5,10-14,16H2,1-3H3,(H2,23,24,25);1H. The molecule has 1 atom stereocenters. The molecule has 1 aliphatic rings. The number of methoxy groups -OCH3 is 1. The highest BCUT2D eigenvalue weighted by Gasteiger charge is 2.23. The number of ether oxygens (including phenoxy) is 2. The quantitative estimate of drug-likeness (QED) is 0.219. The van der Waals surface area contributed by atoms with Crippen LogP contribution in [-0.2, 0) is 18.2 Å². The monoisotopic (exact) mass is 542 g/mol. The zero-order valence-corrected chi connectivity index (χ0v) is 21.0. The first-order chi connectivity index (χ1) is 14.7. The number of nitrogens with zero attached hydrogens (tertiary/aromatic N) is 4. The Morgan fingerprint density at radius 2 is 1.97 bits per heavy atom. The van der Waals surface area contributed by atoms with E-state index in [4.69, 9.17) is 9.47 Å². The van der Waals surface area contributed by atoms with Gasteiger partial charge >= 0.3 is 0 Å². The van der Waals surface area contributed by atoms with Crippen molar-refractivity contribution < 1.29 is 9.47 Å². The van der Waals surface area contributed by atoms with Crippen molar-refractivity contribution in [2.24, 2.45) is 12.0 Å². The number of hydrogen-bond donors (Lipinski definition) is 2. The number of guanidine groups is 1. The summed E-state index contributed by atoms with van der Waals surface area (Å²) >= 11 is 0. The first-order valence-electron chi connectivity index (χ1n) is 10.6. The molecule has 172 valence electrons. The van der Waals surface area contributed by atoms with Crippen molar-refractivity contribution in [2.45, 2.75) is 18.9 Å². The van der Waals surface area contributed by atoms with Crippen molar-refractivity contribution in [3.63, 3.8) is 0 Å². The van der Waals surface area contributed by atoms with Crippen LogP contribution in [0.5, 0.6) is 5.75 Å². The fraction of sp³-hybridized carbons (Fsp3) is 0.545. The van der Waals surface area contributed by atoms with Gasteiger partial charge in [0.25, 0.3) is 0 Å². The molecule has 2 aromatic rings. The molecule has 2 heterocycles. The Labute approximate surface area is 202 Å². The van der Waals surface area contributed by atoms with Crippen molar-refractivity contribution in [3.05, 3.63) is 47.8 Å². The molecule has 31 heavy (non-hydrogen) atoms. The van der Waals surface area contributed by atoms with Crippen molar-refractivity contribution in [1.29, 1.82) is 0 Å². The molecule has 8 nitrogen and oxygen atoms in total. The van der Waals surface area contributed by atoms with E-state index in [-0.39, 0.29) is 30.0 Å². The molecule has 0 spiro atoms. The Balaban J connectivity index is 0.00000341. The highest BCUT2D eigenvalue weighted by atomic mass is 127.